The van der Waals surface area contributed by atoms with Gasteiger partial charge in [-0.25, -0.2) is 5.06 Å². The molecule has 3 heterocycles. The molecule has 1 aromatic rings. The summed E-state index contributed by atoms with van der Waals surface area (Å²) >= 11 is 0. The van der Waals surface area contributed by atoms with Gasteiger partial charge in [0.1, 0.15) is 0 Å². The summed E-state index contributed by atoms with van der Waals surface area (Å²) in [6, 6.07) is 5.16. The third-order valence-electron chi connectivity index (χ3n) is 7.51. The first kappa shape index (κ1) is 27.2. The fourth-order valence-corrected chi connectivity index (χ4v) is 5.58. The van der Waals surface area contributed by atoms with Crippen LogP contribution in [0, 0.1) is 5.92 Å². The fourth-order valence-electron chi connectivity index (χ4n) is 5.58. The lowest BCUT2D eigenvalue weighted by Gasteiger charge is -2.30. The molecular weight excluding hydrogens is 478 g/mol. The quantitative estimate of drug-likeness (QED) is 0.398. The Kier molecular flexibility index (Phi) is 9.26. The highest BCUT2D eigenvalue weighted by molar-refractivity contribution is 5.79. The number of benzene rings is 1. The third kappa shape index (κ3) is 6.35. The summed E-state index contributed by atoms with van der Waals surface area (Å²) in [7, 11) is 0. The molecule has 0 aromatic heterocycles. The zero-order valence-corrected chi connectivity index (χ0v) is 21.9. The van der Waals surface area contributed by atoms with E-state index < -0.39 is 17.9 Å². The number of carboxylic acids is 1. The molecule has 0 unspecified atom stereocenters. The first-order chi connectivity index (χ1) is 17.9. The van der Waals surface area contributed by atoms with Gasteiger partial charge in [0.15, 0.2) is 11.5 Å². The van der Waals surface area contributed by atoms with Crippen LogP contribution in [0.15, 0.2) is 18.2 Å². The summed E-state index contributed by atoms with van der Waals surface area (Å²) in [6.45, 7) is 6.81. The van der Waals surface area contributed by atoms with Crippen LogP contribution in [0.1, 0.15) is 63.9 Å². The van der Waals surface area contributed by atoms with Crippen LogP contribution in [0.4, 0.5) is 0 Å². The Labute approximate surface area is 218 Å². The van der Waals surface area contributed by atoms with Gasteiger partial charge < -0.3 is 19.5 Å². The molecule has 1 aromatic carbocycles. The van der Waals surface area contributed by atoms with Gasteiger partial charge in [0.2, 0.25) is 12.7 Å². The number of rotatable bonds is 13. The van der Waals surface area contributed by atoms with E-state index in [2.05, 4.69) is 6.92 Å². The van der Waals surface area contributed by atoms with Crippen molar-refractivity contribution in [2.24, 2.45) is 5.92 Å². The van der Waals surface area contributed by atoms with Crippen molar-refractivity contribution in [2.75, 3.05) is 46.1 Å². The molecule has 2 amide bonds. The summed E-state index contributed by atoms with van der Waals surface area (Å²) in [5, 5.41) is 11.8. The maximum absolute atomic E-state index is 13.4. The van der Waals surface area contributed by atoms with Gasteiger partial charge in [-0.05, 0) is 43.4 Å². The van der Waals surface area contributed by atoms with E-state index in [1.165, 1.54) is 5.06 Å². The third-order valence-corrected chi connectivity index (χ3v) is 7.51. The van der Waals surface area contributed by atoms with Crippen LogP contribution >= 0.6 is 0 Å². The molecule has 3 atom stereocenters. The molecule has 3 aliphatic heterocycles. The molecule has 37 heavy (non-hydrogen) atoms. The highest BCUT2D eigenvalue weighted by atomic mass is 16.7. The number of hydroxylamine groups is 2. The monoisotopic (exact) mass is 517 g/mol. The molecule has 204 valence electrons. The summed E-state index contributed by atoms with van der Waals surface area (Å²) < 4.78 is 11.0. The SMILES string of the molecule is CCCCN(OCCC)C(=O)CN1C[C@H](c2ccc3c(c2)OCO3)[C@H](C(=O)O)[C@H]1CCN1CCCC1=O. The van der Waals surface area contributed by atoms with Crippen molar-refractivity contribution in [3.05, 3.63) is 23.8 Å². The van der Waals surface area contributed by atoms with Gasteiger partial charge in [0.25, 0.3) is 5.91 Å². The highest BCUT2D eigenvalue weighted by Crippen LogP contribution is 2.42. The molecule has 2 saturated heterocycles. The largest absolute Gasteiger partial charge is 0.481 e. The second-order valence-corrected chi connectivity index (χ2v) is 10.0. The van der Waals surface area contributed by atoms with Gasteiger partial charge in [-0.3, -0.25) is 24.1 Å². The van der Waals surface area contributed by atoms with Gasteiger partial charge in [-0.1, -0.05) is 26.3 Å². The number of carboxylic acid groups (broad SMARTS) is 1. The summed E-state index contributed by atoms with van der Waals surface area (Å²) in [4.78, 5) is 47.8. The maximum atomic E-state index is 13.4. The molecule has 0 aliphatic carbocycles. The molecule has 2 fully saturated rings. The first-order valence-electron chi connectivity index (χ1n) is 13.5. The molecule has 0 radical (unpaired) electrons. The number of ether oxygens (including phenoxy) is 2. The van der Waals surface area contributed by atoms with Crippen molar-refractivity contribution in [1.29, 1.82) is 0 Å². The fraction of sp³-hybridized carbons (Fsp3) is 0.667. The Morgan fingerprint density at radius 2 is 2.00 bits per heavy atom. The molecule has 0 spiro atoms. The molecule has 0 saturated carbocycles. The van der Waals surface area contributed by atoms with E-state index in [9.17, 15) is 19.5 Å². The van der Waals surface area contributed by atoms with Crippen molar-refractivity contribution in [3.63, 3.8) is 0 Å². The van der Waals surface area contributed by atoms with Crippen molar-refractivity contribution >= 4 is 17.8 Å². The van der Waals surface area contributed by atoms with Crippen molar-refractivity contribution in [2.45, 2.75) is 64.3 Å². The zero-order valence-electron chi connectivity index (χ0n) is 21.9. The number of nitrogens with zero attached hydrogens (tertiary/aromatic N) is 3. The summed E-state index contributed by atoms with van der Waals surface area (Å²) in [6.07, 6.45) is 4.41. The average Bonchev–Trinajstić information content (AvgIpc) is 3.60. The highest BCUT2D eigenvalue weighted by Gasteiger charge is 2.47. The standard InChI is InChI=1S/C27H39N3O7/c1-3-5-12-30(37-14-4-2)25(32)17-29-16-20(19-8-9-22-23(15-19)36-18-35-22)26(27(33)34)21(29)10-13-28-11-6-7-24(28)31/h8-9,15,20-21,26H,3-7,10-14,16-18H2,1-2H3,(H,33,34)/t20-,21-,26+/m1/s1. The maximum Gasteiger partial charge on any atom is 0.308 e. The number of unbranched alkanes of at least 4 members (excludes halogenated alkanes) is 1. The van der Waals surface area contributed by atoms with Crippen LogP contribution in [0.5, 0.6) is 11.5 Å². The minimum atomic E-state index is -0.902. The number of fused-ring (bicyclic) bond motifs is 1. The number of amides is 2. The van der Waals surface area contributed by atoms with E-state index in [4.69, 9.17) is 14.3 Å². The van der Waals surface area contributed by atoms with Crippen molar-refractivity contribution in [3.8, 4) is 11.5 Å². The number of likely N-dealkylation sites (tertiary alicyclic amines) is 2. The molecule has 4 rings (SSSR count). The summed E-state index contributed by atoms with van der Waals surface area (Å²) in [5.41, 5.74) is 0.846. The predicted molar refractivity (Wildman–Crippen MR) is 135 cm³/mol. The molecule has 0 bridgehead atoms. The minimum Gasteiger partial charge on any atom is -0.481 e. The van der Waals surface area contributed by atoms with E-state index in [1.54, 1.807) is 0 Å². The normalized spacial score (nSPS) is 23.1. The Bertz CT molecular complexity index is 963. The topological polar surface area (TPSA) is 109 Å². The average molecular weight is 518 g/mol. The van der Waals surface area contributed by atoms with Gasteiger partial charge in [-0.2, -0.15) is 0 Å². The lowest BCUT2D eigenvalue weighted by atomic mass is 9.84. The van der Waals surface area contributed by atoms with Crippen LogP contribution in [0.25, 0.3) is 0 Å². The number of carbonyl (C=O) groups is 3. The van der Waals surface area contributed by atoms with Gasteiger partial charge in [-0.15, -0.1) is 0 Å². The molecule has 10 heteroatoms. The predicted octanol–water partition coefficient (Wildman–Crippen LogP) is 2.87. The number of carbonyl (C=O) groups excluding carboxylic acids is 2. The van der Waals surface area contributed by atoms with E-state index in [-0.39, 0.29) is 31.1 Å². The van der Waals surface area contributed by atoms with Gasteiger partial charge in [0.05, 0.1) is 19.1 Å². The number of hydrogen-bond donors (Lipinski definition) is 1. The lowest BCUT2D eigenvalue weighted by molar-refractivity contribution is -0.188. The Hall–Kier alpha value is -2.85. The Morgan fingerprint density at radius 3 is 2.70 bits per heavy atom. The first-order valence-corrected chi connectivity index (χ1v) is 13.5. The second kappa shape index (κ2) is 12.6. The van der Waals surface area contributed by atoms with E-state index in [0.717, 1.165) is 31.2 Å². The van der Waals surface area contributed by atoms with Crippen LogP contribution in [0.3, 0.4) is 0 Å². The van der Waals surface area contributed by atoms with Crippen LogP contribution in [-0.4, -0.2) is 89.9 Å². The van der Waals surface area contributed by atoms with Crippen LogP contribution < -0.4 is 9.47 Å². The molecule has 10 nitrogen and oxygen atoms in total. The second-order valence-electron chi connectivity index (χ2n) is 10.0. The summed E-state index contributed by atoms with van der Waals surface area (Å²) in [5.74, 6) is -0.775. The van der Waals surface area contributed by atoms with Gasteiger partial charge in [0, 0.05) is 44.6 Å². The van der Waals surface area contributed by atoms with Crippen LogP contribution in [0.2, 0.25) is 0 Å². The van der Waals surface area contributed by atoms with Crippen molar-refractivity contribution < 1.29 is 33.8 Å². The van der Waals surface area contributed by atoms with E-state index in [1.807, 2.05) is 34.9 Å². The van der Waals surface area contributed by atoms with E-state index in [0.29, 0.717) is 57.1 Å². The van der Waals surface area contributed by atoms with E-state index >= 15 is 0 Å². The zero-order chi connectivity index (χ0) is 26.4. The molecular formula is C27H39N3O7. The van der Waals surface area contributed by atoms with Crippen molar-refractivity contribution in [1.82, 2.24) is 14.9 Å². The number of hydrogen-bond acceptors (Lipinski definition) is 7. The molecule has 3 aliphatic rings. The smallest absolute Gasteiger partial charge is 0.308 e. The number of aliphatic carboxylic acids is 1. The Balaban J connectivity index is 1.57. The Morgan fingerprint density at radius 1 is 1.19 bits per heavy atom. The van der Waals surface area contributed by atoms with Crippen LogP contribution in [-0.2, 0) is 19.2 Å². The lowest BCUT2D eigenvalue weighted by Crippen LogP contribution is -2.45. The van der Waals surface area contributed by atoms with Gasteiger partial charge >= 0.3 is 5.97 Å². The molecule has 1 N–H and O–H groups in total. The minimum absolute atomic E-state index is 0.0663.